The van der Waals surface area contributed by atoms with Gasteiger partial charge in [0.05, 0.1) is 5.69 Å². The quantitative estimate of drug-likeness (QED) is 0.738. The van der Waals surface area contributed by atoms with Crippen LogP contribution in [0.3, 0.4) is 0 Å². The lowest BCUT2D eigenvalue weighted by molar-refractivity contribution is -0.117. The van der Waals surface area contributed by atoms with Gasteiger partial charge in [-0.3, -0.25) is 0 Å². The summed E-state index contributed by atoms with van der Waals surface area (Å²) in [5, 5.41) is 4.05. The van der Waals surface area contributed by atoms with Crippen LogP contribution in [0.2, 0.25) is 0 Å². The summed E-state index contributed by atoms with van der Waals surface area (Å²) in [4.78, 5) is 10.8. The molecule has 0 spiro atoms. The molecule has 2 rings (SSSR count). The van der Waals surface area contributed by atoms with Crippen molar-refractivity contribution in [3.8, 4) is 0 Å². The zero-order valence-electron chi connectivity index (χ0n) is 8.51. The van der Waals surface area contributed by atoms with Crippen molar-refractivity contribution < 1.29 is 9.32 Å². The smallest absolute Gasteiger partial charge is 0.140 e. The number of aromatic nitrogens is 1. The van der Waals surface area contributed by atoms with Gasteiger partial charge in [-0.05, 0) is 32.6 Å². The maximum atomic E-state index is 10.8. The lowest BCUT2D eigenvalue weighted by atomic mass is 9.95. The van der Waals surface area contributed by atoms with Gasteiger partial charge in [0.1, 0.15) is 11.5 Å². The lowest BCUT2D eigenvalue weighted by Crippen LogP contribution is -2.03. The van der Waals surface area contributed by atoms with Crippen molar-refractivity contribution in [2.24, 2.45) is 0 Å². The molecule has 3 heteroatoms. The second-order valence-electron chi connectivity index (χ2n) is 3.94. The Bertz CT molecular complexity index is 341. The Balaban J connectivity index is 2.10. The van der Waals surface area contributed by atoms with Crippen molar-refractivity contribution >= 4 is 5.78 Å². The summed E-state index contributed by atoms with van der Waals surface area (Å²) in [6.45, 7) is 1.61. The van der Waals surface area contributed by atoms with E-state index in [4.69, 9.17) is 4.52 Å². The van der Waals surface area contributed by atoms with Gasteiger partial charge in [-0.15, -0.1) is 0 Å². The molecular weight excluding hydrogens is 178 g/mol. The third-order valence-electron chi connectivity index (χ3n) is 2.75. The number of carbonyl (C=O) groups is 1. The minimum absolute atomic E-state index is 0.214. The molecule has 1 aliphatic rings. The van der Waals surface area contributed by atoms with Gasteiger partial charge in [-0.1, -0.05) is 5.16 Å². The molecule has 0 N–H and O–H groups in total. The molecule has 0 aliphatic heterocycles. The number of hydrogen-bond acceptors (Lipinski definition) is 3. The van der Waals surface area contributed by atoms with Crippen molar-refractivity contribution in [2.45, 2.75) is 45.4 Å². The monoisotopic (exact) mass is 193 g/mol. The van der Waals surface area contributed by atoms with Crippen molar-refractivity contribution in [2.75, 3.05) is 0 Å². The Morgan fingerprint density at radius 2 is 2.21 bits per heavy atom. The fraction of sp³-hybridized carbons (Fsp3) is 0.636. The van der Waals surface area contributed by atoms with Crippen molar-refractivity contribution in [3.63, 3.8) is 0 Å². The van der Waals surface area contributed by atoms with Gasteiger partial charge >= 0.3 is 0 Å². The molecule has 14 heavy (non-hydrogen) atoms. The number of nitrogens with zero attached hydrogens (tertiary/aromatic N) is 1. The minimum atomic E-state index is 0.214. The van der Waals surface area contributed by atoms with E-state index in [-0.39, 0.29) is 5.78 Å². The van der Waals surface area contributed by atoms with Gasteiger partial charge in [0.15, 0.2) is 0 Å². The van der Waals surface area contributed by atoms with E-state index in [1.807, 2.05) is 0 Å². The fourth-order valence-electron chi connectivity index (χ4n) is 1.94. The summed E-state index contributed by atoms with van der Waals surface area (Å²) in [7, 11) is 0. The lowest BCUT2D eigenvalue weighted by Gasteiger charge is -2.08. The van der Waals surface area contributed by atoms with Crippen molar-refractivity contribution in [1.29, 1.82) is 0 Å². The summed E-state index contributed by atoms with van der Waals surface area (Å²) in [6.07, 6.45) is 5.84. The van der Waals surface area contributed by atoms with Crippen LogP contribution in [0.5, 0.6) is 0 Å². The number of ketones is 1. The molecule has 0 amide bonds. The second kappa shape index (κ2) is 3.95. The van der Waals surface area contributed by atoms with Crippen LogP contribution in [-0.4, -0.2) is 10.9 Å². The van der Waals surface area contributed by atoms with Crippen LogP contribution in [0.25, 0.3) is 0 Å². The summed E-state index contributed by atoms with van der Waals surface area (Å²) < 4.78 is 5.27. The average Bonchev–Trinajstić information content (AvgIpc) is 2.58. The highest BCUT2D eigenvalue weighted by Crippen LogP contribution is 2.24. The first kappa shape index (κ1) is 9.44. The van der Waals surface area contributed by atoms with E-state index in [1.54, 1.807) is 6.92 Å². The van der Waals surface area contributed by atoms with Gasteiger partial charge in [0.25, 0.3) is 0 Å². The SMILES string of the molecule is CC(=O)CCc1onc2c1CCCC2. The number of carbonyl (C=O) groups excluding carboxylic acids is 1. The van der Waals surface area contributed by atoms with E-state index < -0.39 is 0 Å². The summed E-state index contributed by atoms with van der Waals surface area (Å²) >= 11 is 0. The number of fused-ring (bicyclic) bond motifs is 1. The van der Waals surface area contributed by atoms with Gasteiger partial charge in [-0.25, -0.2) is 0 Å². The highest BCUT2D eigenvalue weighted by molar-refractivity contribution is 5.75. The summed E-state index contributed by atoms with van der Waals surface area (Å²) in [5.74, 6) is 1.15. The Morgan fingerprint density at radius 1 is 1.43 bits per heavy atom. The molecule has 1 heterocycles. The van der Waals surface area contributed by atoms with E-state index in [0.717, 1.165) is 30.7 Å². The Hall–Kier alpha value is -1.12. The molecule has 0 fully saturated rings. The van der Waals surface area contributed by atoms with Crippen LogP contribution in [-0.2, 0) is 24.1 Å². The van der Waals surface area contributed by atoms with Gasteiger partial charge in [-0.2, -0.15) is 0 Å². The van der Waals surface area contributed by atoms with E-state index >= 15 is 0 Å². The molecule has 1 aromatic heterocycles. The molecule has 0 radical (unpaired) electrons. The van der Waals surface area contributed by atoms with Crippen LogP contribution in [0.1, 0.15) is 43.2 Å². The van der Waals surface area contributed by atoms with Gasteiger partial charge in [0, 0.05) is 18.4 Å². The Kier molecular flexibility index (Phi) is 2.66. The minimum Gasteiger partial charge on any atom is -0.361 e. The van der Waals surface area contributed by atoms with E-state index in [1.165, 1.54) is 18.4 Å². The molecule has 0 saturated heterocycles. The zero-order valence-corrected chi connectivity index (χ0v) is 8.51. The summed E-state index contributed by atoms with van der Waals surface area (Å²) in [5.41, 5.74) is 2.40. The number of aryl methyl sites for hydroxylation is 2. The predicted molar refractivity (Wildman–Crippen MR) is 52.1 cm³/mol. The van der Waals surface area contributed by atoms with Crippen LogP contribution in [0, 0.1) is 0 Å². The largest absolute Gasteiger partial charge is 0.361 e. The first-order valence-electron chi connectivity index (χ1n) is 5.23. The van der Waals surface area contributed by atoms with Crippen LogP contribution < -0.4 is 0 Å². The molecule has 0 aromatic carbocycles. The molecular formula is C11H15NO2. The first-order chi connectivity index (χ1) is 6.77. The maximum Gasteiger partial charge on any atom is 0.140 e. The number of hydrogen-bond donors (Lipinski definition) is 0. The third kappa shape index (κ3) is 1.86. The highest BCUT2D eigenvalue weighted by Gasteiger charge is 2.18. The highest BCUT2D eigenvalue weighted by atomic mass is 16.5. The molecule has 0 bridgehead atoms. The van der Waals surface area contributed by atoms with Crippen LogP contribution in [0.4, 0.5) is 0 Å². The fourth-order valence-corrected chi connectivity index (χ4v) is 1.94. The average molecular weight is 193 g/mol. The standard InChI is InChI=1S/C11H15NO2/c1-8(13)6-7-11-9-4-2-3-5-10(9)12-14-11/h2-7H2,1H3. The Labute approximate surface area is 83.5 Å². The van der Waals surface area contributed by atoms with E-state index in [0.29, 0.717) is 6.42 Å². The molecule has 1 aliphatic carbocycles. The topological polar surface area (TPSA) is 43.1 Å². The second-order valence-corrected chi connectivity index (χ2v) is 3.94. The van der Waals surface area contributed by atoms with Crippen LogP contribution in [0.15, 0.2) is 4.52 Å². The number of rotatable bonds is 3. The molecule has 1 aromatic rings. The van der Waals surface area contributed by atoms with Crippen LogP contribution >= 0.6 is 0 Å². The van der Waals surface area contributed by atoms with Gasteiger partial charge in [0.2, 0.25) is 0 Å². The predicted octanol–water partition coefficient (Wildman–Crippen LogP) is 2.08. The van der Waals surface area contributed by atoms with Gasteiger partial charge < -0.3 is 9.32 Å². The summed E-state index contributed by atoms with van der Waals surface area (Å²) in [6, 6.07) is 0. The Morgan fingerprint density at radius 3 is 3.00 bits per heavy atom. The van der Waals surface area contributed by atoms with Crippen molar-refractivity contribution in [1.82, 2.24) is 5.16 Å². The zero-order chi connectivity index (χ0) is 9.97. The van der Waals surface area contributed by atoms with E-state index in [2.05, 4.69) is 5.16 Å². The molecule has 3 nitrogen and oxygen atoms in total. The molecule has 76 valence electrons. The molecule has 0 unspecified atom stereocenters. The van der Waals surface area contributed by atoms with E-state index in [9.17, 15) is 4.79 Å². The van der Waals surface area contributed by atoms with Crippen molar-refractivity contribution in [3.05, 3.63) is 17.0 Å². The molecule has 0 atom stereocenters. The normalized spacial score (nSPS) is 15.2. The number of Topliss-reactive ketones (excluding diaryl/α,β-unsaturated/α-hetero) is 1. The third-order valence-corrected chi connectivity index (χ3v) is 2.75. The maximum absolute atomic E-state index is 10.8. The first-order valence-corrected chi connectivity index (χ1v) is 5.23. The molecule has 0 saturated carbocycles.